The van der Waals surface area contributed by atoms with Gasteiger partial charge in [0.2, 0.25) is 0 Å². The molecule has 0 saturated heterocycles. The van der Waals surface area contributed by atoms with E-state index in [1.807, 2.05) is 27.4 Å². The number of benzene rings is 1. The number of hydrogen-bond acceptors (Lipinski definition) is 3. The minimum absolute atomic E-state index is 0.330. The van der Waals surface area contributed by atoms with E-state index in [2.05, 4.69) is 40.8 Å². The summed E-state index contributed by atoms with van der Waals surface area (Å²) in [5.74, 6) is 7.54. The predicted molar refractivity (Wildman–Crippen MR) is 88.4 cm³/mol. The Labute approximate surface area is 138 Å². The molecule has 3 heterocycles. The fourth-order valence-corrected chi connectivity index (χ4v) is 2.86. The molecule has 1 aliphatic rings. The molecule has 3 aromatic rings. The van der Waals surface area contributed by atoms with Crippen LogP contribution in [0.25, 0.3) is 17.1 Å². The Morgan fingerprint density at radius 3 is 2.96 bits per heavy atom. The van der Waals surface area contributed by atoms with E-state index in [0.29, 0.717) is 17.6 Å². The third kappa shape index (κ3) is 2.32. The van der Waals surface area contributed by atoms with Gasteiger partial charge in [-0.2, -0.15) is 5.10 Å². The van der Waals surface area contributed by atoms with E-state index >= 15 is 0 Å². The first-order valence-electron chi connectivity index (χ1n) is 7.39. The molecule has 0 amide bonds. The summed E-state index contributed by atoms with van der Waals surface area (Å²) < 4.78 is 3.83. The number of nitrogens with zero attached hydrogens (tertiary/aromatic N) is 5. The lowest BCUT2D eigenvalue weighted by Crippen LogP contribution is -2.04. The zero-order valence-corrected chi connectivity index (χ0v) is 13.5. The average molecular weight is 324 g/mol. The molecule has 0 radical (unpaired) electrons. The van der Waals surface area contributed by atoms with Crippen LogP contribution in [0.3, 0.4) is 0 Å². The molecule has 0 unspecified atom stereocenters. The Hall–Kier alpha value is -2.58. The number of fused-ring (bicyclic) bond motifs is 5. The van der Waals surface area contributed by atoms with Crippen molar-refractivity contribution in [2.75, 3.05) is 0 Å². The van der Waals surface area contributed by atoms with E-state index in [9.17, 15) is 0 Å². The van der Waals surface area contributed by atoms with Crippen LogP contribution >= 0.6 is 11.6 Å². The highest BCUT2D eigenvalue weighted by atomic mass is 35.5. The first-order valence-corrected chi connectivity index (χ1v) is 7.77. The van der Waals surface area contributed by atoms with E-state index < -0.39 is 0 Å². The lowest BCUT2D eigenvalue weighted by atomic mass is 10.1. The molecule has 0 spiro atoms. The van der Waals surface area contributed by atoms with Crippen molar-refractivity contribution in [3.8, 4) is 28.9 Å². The molecule has 0 bridgehead atoms. The first-order chi connectivity index (χ1) is 11.1. The third-order valence-electron chi connectivity index (χ3n) is 3.73. The molecule has 1 aromatic carbocycles. The van der Waals surface area contributed by atoms with Crippen LogP contribution in [0, 0.1) is 17.8 Å². The molecular weight excluding hydrogens is 310 g/mol. The maximum atomic E-state index is 6.23. The molecule has 0 N–H and O–H groups in total. The quantitative estimate of drug-likeness (QED) is 0.467. The van der Waals surface area contributed by atoms with Crippen molar-refractivity contribution in [3.05, 3.63) is 47.3 Å². The van der Waals surface area contributed by atoms with E-state index in [0.717, 1.165) is 28.3 Å². The van der Waals surface area contributed by atoms with Gasteiger partial charge in [0.15, 0.2) is 11.0 Å². The third-order valence-corrected chi connectivity index (χ3v) is 4.05. The van der Waals surface area contributed by atoms with Gasteiger partial charge in [-0.15, -0.1) is 0 Å². The van der Waals surface area contributed by atoms with Crippen LogP contribution in [0.15, 0.2) is 30.9 Å². The predicted octanol–water partition coefficient (Wildman–Crippen LogP) is 3.15. The van der Waals surface area contributed by atoms with Crippen LogP contribution in [0.2, 0.25) is 5.15 Å². The van der Waals surface area contributed by atoms with Crippen molar-refractivity contribution < 1.29 is 0 Å². The van der Waals surface area contributed by atoms with E-state index in [1.165, 1.54) is 0 Å². The molecule has 6 heteroatoms. The zero-order valence-electron chi connectivity index (χ0n) is 12.8. The molecule has 0 aliphatic carbocycles. The zero-order chi connectivity index (χ0) is 16.0. The van der Waals surface area contributed by atoms with Crippen molar-refractivity contribution in [2.45, 2.75) is 20.4 Å². The second-order valence-electron chi connectivity index (χ2n) is 5.75. The number of rotatable bonds is 0. The van der Waals surface area contributed by atoms with Gasteiger partial charge in [-0.25, -0.2) is 14.6 Å². The molecule has 2 aromatic heterocycles. The molecule has 0 fully saturated rings. The lowest BCUT2D eigenvalue weighted by molar-refractivity contribution is 0.677. The van der Waals surface area contributed by atoms with E-state index in [-0.39, 0.29) is 0 Å². The highest BCUT2D eigenvalue weighted by Crippen LogP contribution is 2.32. The fourth-order valence-electron chi connectivity index (χ4n) is 2.66. The minimum Gasteiger partial charge on any atom is -0.299 e. The summed E-state index contributed by atoms with van der Waals surface area (Å²) >= 11 is 6.23. The van der Waals surface area contributed by atoms with Gasteiger partial charge < -0.3 is 0 Å². The summed E-state index contributed by atoms with van der Waals surface area (Å²) in [6.07, 6.45) is 3.30. The molecule has 0 atom stereocenters. The summed E-state index contributed by atoms with van der Waals surface area (Å²) in [6.45, 7) is 4.69. The smallest absolute Gasteiger partial charge is 0.160 e. The van der Waals surface area contributed by atoms with Crippen LogP contribution < -0.4 is 0 Å². The topological polar surface area (TPSA) is 48.5 Å². The monoisotopic (exact) mass is 323 g/mol. The maximum absolute atomic E-state index is 6.23. The van der Waals surface area contributed by atoms with Gasteiger partial charge in [-0.1, -0.05) is 37.3 Å². The minimum atomic E-state index is 0.330. The van der Waals surface area contributed by atoms with Crippen LogP contribution in [-0.2, 0) is 6.54 Å². The molecule has 0 saturated carbocycles. The second-order valence-corrected chi connectivity index (χ2v) is 6.11. The Balaban J connectivity index is 1.96. The van der Waals surface area contributed by atoms with Gasteiger partial charge in [-0.3, -0.25) is 4.57 Å². The standard InChI is InChI=1S/C17H14ClN5/c1-11(2)3-4-12-5-6-14-13(7-12)17-19-9-21-23(17)8-15-16(18)20-10-22(14)15/h5-7,9-11H,8H2,1-2H3. The lowest BCUT2D eigenvalue weighted by Gasteiger charge is -2.08. The molecule has 23 heavy (non-hydrogen) atoms. The average Bonchev–Trinajstić information content (AvgIpc) is 3.11. The molecular formula is C17H14ClN5. The number of imidazole rings is 1. The summed E-state index contributed by atoms with van der Waals surface area (Å²) in [5.41, 5.74) is 3.83. The van der Waals surface area contributed by atoms with Gasteiger partial charge >= 0.3 is 0 Å². The highest BCUT2D eigenvalue weighted by molar-refractivity contribution is 6.30. The Bertz CT molecular complexity index is 955. The Morgan fingerprint density at radius 1 is 1.26 bits per heavy atom. The second kappa shape index (κ2) is 5.25. The van der Waals surface area contributed by atoms with Gasteiger partial charge in [0.05, 0.1) is 17.9 Å². The van der Waals surface area contributed by atoms with E-state index in [1.54, 1.807) is 12.7 Å². The van der Waals surface area contributed by atoms with Crippen molar-refractivity contribution in [3.63, 3.8) is 0 Å². The largest absolute Gasteiger partial charge is 0.299 e. The highest BCUT2D eigenvalue weighted by Gasteiger charge is 2.23. The summed E-state index contributed by atoms with van der Waals surface area (Å²) in [5, 5.41) is 4.80. The van der Waals surface area contributed by atoms with Crippen molar-refractivity contribution in [1.82, 2.24) is 24.3 Å². The van der Waals surface area contributed by atoms with Gasteiger partial charge in [-0.05, 0) is 18.2 Å². The van der Waals surface area contributed by atoms with Gasteiger partial charge in [0, 0.05) is 17.0 Å². The van der Waals surface area contributed by atoms with Gasteiger partial charge in [0.1, 0.15) is 12.7 Å². The Kier molecular flexibility index (Phi) is 3.21. The number of halogens is 1. The number of hydrogen-bond donors (Lipinski definition) is 0. The van der Waals surface area contributed by atoms with Gasteiger partial charge in [0.25, 0.3) is 0 Å². The van der Waals surface area contributed by atoms with Crippen molar-refractivity contribution >= 4 is 11.6 Å². The van der Waals surface area contributed by atoms with Crippen molar-refractivity contribution in [1.29, 1.82) is 0 Å². The summed E-state index contributed by atoms with van der Waals surface area (Å²) in [6, 6.07) is 6.09. The number of aromatic nitrogens is 5. The summed E-state index contributed by atoms with van der Waals surface area (Å²) in [7, 11) is 0. The van der Waals surface area contributed by atoms with Crippen LogP contribution in [0.5, 0.6) is 0 Å². The van der Waals surface area contributed by atoms with Crippen LogP contribution in [0.1, 0.15) is 25.1 Å². The Morgan fingerprint density at radius 2 is 2.13 bits per heavy atom. The first kappa shape index (κ1) is 14.0. The van der Waals surface area contributed by atoms with Crippen LogP contribution in [0.4, 0.5) is 0 Å². The summed E-state index contributed by atoms with van der Waals surface area (Å²) in [4.78, 5) is 8.63. The fraction of sp³-hybridized carbons (Fsp3) is 0.235. The molecule has 114 valence electrons. The normalized spacial score (nSPS) is 12.0. The molecule has 4 rings (SSSR count). The van der Waals surface area contributed by atoms with Crippen molar-refractivity contribution in [2.24, 2.45) is 5.92 Å². The molecule has 1 aliphatic heterocycles. The SMILES string of the molecule is CC(C)C#Cc1ccc2c(c1)-c1ncnn1Cc1c(Cl)ncn1-2. The van der Waals surface area contributed by atoms with E-state index in [4.69, 9.17) is 11.6 Å². The molecule has 5 nitrogen and oxygen atoms in total. The van der Waals surface area contributed by atoms with Crippen LogP contribution in [-0.4, -0.2) is 24.3 Å². The maximum Gasteiger partial charge on any atom is 0.160 e.